The molecule has 0 N–H and O–H groups in total. The predicted molar refractivity (Wildman–Crippen MR) is 76.1 cm³/mol. The summed E-state index contributed by atoms with van der Waals surface area (Å²) < 4.78 is 5.23. The highest BCUT2D eigenvalue weighted by Crippen LogP contribution is 2.34. The number of aldehydes is 1. The summed E-state index contributed by atoms with van der Waals surface area (Å²) in [5, 5.41) is 0. The van der Waals surface area contributed by atoms with Crippen LogP contribution >= 0.6 is 0 Å². The van der Waals surface area contributed by atoms with E-state index >= 15 is 0 Å². The maximum atomic E-state index is 11.5. The van der Waals surface area contributed by atoms with E-state index in [0.717, 1.165) is 25.8 Å². The van der Waals surface area contributed by atoms with Crippen LogP contribution in [0.2, 0.25) is 0 Å². The number of rotatable bonds is 5. The van der Waals surface area contributed by atoms with E-state index in [-0.39, 0.29) is 12.1 Å². The fourth-order valence-corrected chi connectivity index (χ4v) is 2.81. The average molecular weight is 275 g/mol. The molecule has 4 nitrogen and oxygen atoms in total. The second kappa shape index (κ2) is 6.18. The maximum absolute atomic E-state index is 11.5. The number of hydrogen-bond donors (Lipinski definition) is 0. The molecular formula is C16H21NO3. The molecule has 0 amide bonds. The van der Waals surface area contributed by atoms with Crippen LogP contribution in [0.5, 0.6) is 0 Å². The standard InChI is InChI=1S/C16H21NO3/c1-13(20-14(2)19)16(12-18)8-9-17(11-16)10-15-6-4-3-5-7-15/h3-7,12-13H,8-11H2,1-2H3. The molecule has 0 radical (unpaired) electrons. The fraction of sp³-hybridized carbons (Fsp3) is 0.500. The molecule has 2 atom stereocenters. The van der Waals surface area contributed by atoms with Crippen LogP contribution in [0.3, 0.4) is 0 Å². The van der Waals surface area contributed by atoms with Crippen molar-refractivity contribution in [3.63, 3.8) is 0 Å². The van der Waals surface area contributed by atoms with Crippen LogP contribution in [-0.2, 0) is 20.9 Å². The second-order valence-electron chi connectivity index (χ2n) is 5.55. The van der Waals surface area contributed by atoms with Gasteiger partial charge in [0.2, 0.25) is 0 Å². The molecule has 1 saturated heterocycles. The van der Waals surface area contributed by atoms with Crippen LogP contribution in [0.4, 0.5) is 0 Å². The second-order valence-corrected chi connectivity index (χ2v) is 5.55. The summed E-state index contributed by atoms with van der Waals surface area (Å²) in [6.07, 6.45) is 1.32. The van der Waals surface area contributed by atoms with Crippen molar-refractivity contribution in [3.05, 3.63) is 35.9 Å². The van der Waals surface area contributed by atoms with Crippen LogP contribution in [0.25, 0.3) is 0 Å². The number of benzene rings is 1. The Bertz CT molecular complexity index is 474. The highest BCUT2D eigenvalue weighted by molar-refractivity contribution is 5.68. The van der Waals surface area contributed by atoms with Crippen LogP contribution in [0.1, 0.15) is 25.8 Å². The first-order chi connectivity index (χ1) is 9.55. The number of likely N-dealkylation sites (tertiary alicyclic amines) is 1. The monoisotopic (exact) mass is 275 g/mol. The number of hydrogen-bond acceptors (Lipinski definition) is 4. The molecule has 0 saturated carbocycles. The van der Waals surface area contributed by atoms with Gasteiger partial charge in [-0.2, -0.15) is 0 Å². The van der Waals surface area contributed by atoms with Crippen molar-refractivity contribution in [2.45, 2.75) is 32.9 Å². The smallest absolute Gasteiger partial charge is 0.302 e. The molecule has 1 aromatic rings. The van der Waals surface area contributed by atoms with Gasteiger partial charge < -0.3 is 9.53 Å². The Hall–Kier alpha value is -1.68. The Balaban J connectivity index is 2.01. The molecular weight excluding hydrogens is 254 g/mol. The van der Waals surface area contributed by atoms with Gasteiger partial charge in [0, 0.05) is 20.0 Å². The molecule has 20 heavy (non-hydrogen) atoms. The summed E-state index contributed by atoms with van der Waals surface area (Å²) in [5.41, 5.74) is 0.662. The molecule has 1 aliphatic heterocycles. The topological polar surface area (TPSA) is 46.6 Å². The van der Waals surface area contributed by atoms with Crippen molar-refractivity contribution < 1.29 is 14.3 Å². The van der Waals surface area contributed by atoms with Crippen molar-refractivity contribution in [3.8, 4) is 0 Å². The molecule has 2 unspecified atom stereocenters. The number of carbonyl (C=O) groups excluding carboxylic acids is 2. The maximum Gasteiger partial charge on any atom is 0.302 e. The number of nitrogens with zero attached hydrogens (tertiary/aromatic N) is 1. The summed E-state index contributed by atoms with van der Waals surface area (Å²) in [6, 6.07) is 10.2. The van der Waals surface area contributed by atoms with E-state index in [1.165, 1.54) is 12.5 Å². The van der Waals surface area contributed by atoms with Gasteiger partial charge in [-0.25, -0.2) is 0 Å². The molecule has 1 aromatic carbocycles. The highest BCUT2D eigenvalue weighted by Gasteiger charge is 2.44. The third-order valence-electron chi connectivity index (χ3n) is 4.05. The number of carbonyl (C=O) groups is 2. The Morgan fingerprint density at radius 1 is 1.45 bits per heavy atom. The van der Waals surface area contributed by atoms with E-state index < -0.39 is 5.41 Å². The third-order valence-corrected chi connectivity index (χ3v) is 4.05. The van der Waals surface area contributed by atoms with E-state index in [0.29, 0.717) is 6.54 Å². The lowest BCUT2D eigenvalue weighted by Crippen LogP contribution is -2.40. The van der Waals surface area contributed by atoms with Crippen LogP contribution < -0.4 is 0 Å². The van der Waals surface area contributed by atoms with E-state index in [4.69, 9.17) is 4.74 Å². The molecule has 0 aliphatic carbocycles. The van der Waals surface area contributed by atoms with Gasteiger partial charge in [-0.15, -0.1) is 0 Å². The van der Waals surface area contributed by atoms with E-state index in [1.54, 1.807) is 0 Å². The van der Waals surface area contributed by atoms with Gasteiger partial charge in [0.15, 0.2) is 0 Å². The van der Waals surface area contributed by atoms with Gasteiger partial charge in [0.1, 0.15) is 12.4 Å². The number of ether oxygens (including phenoxy) is 1. The lowest BCUT2D eigenvalue weighted by molar-refractivity contribution is -0.153. The molecule has 2 rings (SSSR count). The van der Waals surface area contributed by atoms with Crippen LogP contribution in [0, 0.1) is 5.41 Å². The average Bonchev–Trinajstić information content (AvgIpc) is 2.84. The van der Waals surface area contributed by atoms with Gasteiger partial charge in [0.05, 0.1) is 5.41 Å². The largest absolute Gasteiger partial charge is 0.462 e. The third kappa shape index (κ3) is 3.25. The Kier molecular flexibility index (Phi) is 4.55. The molecule has 0 bridgehead atoms. The van der Waals surface area contributed by atoms with Gasteiger partial charge >= 0.3 is 5.97 Å². The summed E-state index contributed by atoms with van der Waals surface area (Å²) in [6.45, 7) is 5.50. The first-order valence-corrected chi connectivity index (χ1v) is 6.95. The fourth-order valence-electron chi connectivity index (χ4n) is 2.81. The molecule has 0 spiro atoms. The van der Waals surface area contributed by atoms with Gasteiger partial charge in [-0.05, 0) is 25.5 Å². The lowest BCUT2D eigenvalue weighted by atomic mass is 9.83. The van der Waals surface area contributed by atoms with Crippen molar-refractivity contribution in [2.75, 3.05) is 13.1 Å². The van der Waals surface area contributed by atoms with Crippen molar-refractivity contribution in [2.24, 2.45) is 5.41 Å². The van der Waals surface area contributed by atoms with E-state index in [9.17, 15) is 9.59 Å². The lowest BCUT2D eigenvalue weighted by Gasteiger charge is -2.29. The summed E-state index contributed by atoms with van der Waals surface area (Å²) >= 11 is 0. The minimum absolute atomic E-state index is 0.333. The summed E-state index contributed by atoms with van der Waals surface area (Å²) in [7, 11) is 0. The first kappa shape index (κ1) is 14.7. The Morgan fingerprint density at radius 3 is 2.75 bits per heavy atom. The zero-order chi connectivity index (χ0) is 14.6. The molecule has 1 heterocycles. The number of esters is 1. The van der Waals surface area contributed by atoms with Gasteiger partial charge in [-0.3, -0.25) is 9.69 Å². The molecule has 108 valence electrons. The van der Waals surface area contributed by atoms with Crippen LogP contribution in [0.15, 0.2) is 30.3 Å². The highest BCUT2D eigenvalue weighted by atomic mass is 16.5. The van der Waals surface area contributed by atoms with Crippen molar-refractivity contribution >= 4 is 12.3 Å². The zero-order valence-corrected chi connectivity index (χ0v) is 12.0. The minimum Gasteiger partial charge on any atom is -0.462 e. The van der Waals surface area contributed by atoms with Crippen LogP contribution in [-0.4, -0.2) is 36.3 Å². The molecule has 1 fully saturated rings. The Morgan fingerprint density at radius 2 is 2.15 bits per heavy atom. The molecule has 4 heteroatoms. The SMILES string of the molecule is CC(=O)OC(C)C1(C=O)CCN(Cc2ccccc2)C1. The van der Waals surface area contributed by atoms with E-state index in [2.05, 4.69) is 17.0 Å². The molecule has 0 aromatic heterocycles. The Labute approximate surface area is 119 Å². The zero-order valence-electron chi connectivity index (χ0n) is 12.0. The van der Waals surface area contributed by atoms with Crippen molar-refractivity contribution in [1.82, 2.24) is 4.90 Å². The quantitative estimate of drug-likeness (QED) is 0.609. The van der Waals surface area contributed by atoms with Crippen molar-refractivity contribution in [1.29, 1.82) is 0 Å². The van der Waals surface area contributed by atoms with E-state index in [1.807, 2.05) is 25.1 Å². The normalized spacial score (nSPS) is 24.3. The van der Waals surface area contributed by atoms with Gasteiger partial charge in [0.25, 0.3) is 0 Å². The molecule has 1 aliphatic rings. The minimum atomic E-state index is -0.569. The van der Waals surface area contributed by atoms with Gasteiger partial charge in [-0.1, -0.05) is 30.3 Å². The summed E-state index contributed by atoms with van der Waals surface area (Å²) in [5.74, 6) is -0.333. The first-order valence-electron chi connectivity index (χ1n) is 6.95. The summed E-state index contributed by atoms with van der Waals surface area (Å²) in [4.78, 5) is 24.9. The predicted octanol–water partition coefficient (Wildman–Crippen LogP) is 2.03.